The molecular formula is C31H42F2N4O9. The summed E-state index contributed by atoms with van der Waals surface area (Å²) in [6.45, 7) is 1.05. The molecule has 0 saturated carbocycles. The highest BCUT2D eigenvalue weighted by molar-refractivity contribution is 5.98. The summed E-state index contributed by atoms with van der Waals surface area (Å²) in [4.78, 5) is 54.8. The number of epoxide rings is 1. The molecule has 46 heavy (non-hydrogen) atoms. The normalized spacial score (nSPS) is 22.3. The summed E-state index contributed by atoms with van der Waals surface area (Å²) in [7, 11) is 1.31. The van der Waals surface area contributed by atoms with E-state index < -0.39 is 54.9 Å². The average Bonchev–Trinajstić information content (AvgIpc) is 3.57. The van der Waals surface area contributed by atoms with Crippen molar-refractivity contribution in [2.75, 3.05) is 46.6 Å². The number of ketones is 1. The molecular weight excluding hydrogens is 610 g/mol. The van der Waals surface area contributed by atoms with Gasteiger partial charge in [-0.15, -0.1) is 0 Å². The minimum Gasteiger partial charge on any atom is -0.435 e. The van der Waals surface area contributed by atoms with Crippen LogP contribution in [0.1, 0.15) is 50.7 Å². The number of nitrogens with zero attached hydrogens (tertiary/aromatic N) is 1. The van der Waals surface area contributed by atoms with Gasteiger partial charge in [-0.05, 0) is 50.3 Å². The quantitative estimate of drug-likeness (QED) is 0.108. The van der Waals surface area contributed by atoms with E-state index in [1.54, 1.807) is 6.92 Å². The standard InChI is InChI=1S/C31H42F2N4O9/c1-31(18-45-31)28(41)22(15-19-5-3-4-6-19)34-29(42)26(27(40)20-7-9-21(10-8-20)46-30(32)33)36-23(38)16-25(43-2)35-24(39)17-37-11-13-44-14-12-37/h5,7-10,22,25-27,30,40H,3-4,6,11-18H2,1-2H3,(H,34,42)(H,35,39)(H,36,38)/t22-,25-,26-,27+,31+/m0/s1. The molecule has 0 radical (unpaired) electrons. The van der Waals surface area contributed by atoms with E-state index in [2.05, 4.69) is 20.7 Å². The second-order valence-electron chi connectivity index (χ2n) is 11.7. The largest absolute Gasteiger partial charge is 0.435 e. The molecule has 1 aromatic rings. The Balaban J connectivity index is 1.48. The van der Waals surface area contributed by atoms with Gasteiger partial charge in [-0.25, -0.2) is 0 Å². The van der Waals surface area contributed by atoms with Crippen molar-refractivity contribution in [3.8, 4) is 5.75 Å². The third-order valence-electron chi connectivity index (χ3n) is 8.14. The van der Waals surface area contributed by atoms with Crippen LogP contribution in [0.3, 0.4) is 0 Å². The van der Waals surface area contributed by atoms with Gasteiger partial charge < -0.3 is 40.0 Å². The van der Waals surface area contributed by atoms with Crippen molar-refractivity contribution < 1.29 is 52.0 Å². The van der Waals surface area contributed by atoms with Crippen LogP contribution in [-0.2, 0) is 33.4 Å². The number of Topliss-reactive ketones (excluding diaryl/α,β-unsaturated/α-hetero) is 1. The Morgan fingerprint density at radius 3 is 2.35 bits per heavy atom. The van der Waals surface area contributed by atoms with Gasteiger partial charge in [-0.2, -0.15) is 8.78 Å². The number of aliphatic hydroxyl groups excluding tert-OH is 1. The Morgan fingerprint density at radius 1 is 1.07 bits per heavy atom. The molecule has 4 N–H and O–H groups in total. The SMILES string of the molecule is CO[C@@H](CC(=O)N[C@H](C(=O)N[C@@H](CC1=CCCC1)C(=O)[C@@]1(C)CO1)[C@H](O)c1ccc(OC(F)F)cc1)NC(=O)CN1CCOCC1. The second-order valence-corrected chi connectivity index (χ2v) is 11.7. The zero-order valence-corrected chi connectivity index (χ0v) is 26.0. The van der Waals surface area contributed by atoms with Gasteiger partial charge in [0.25, 0.3) is 0 Å². The van der Waals surface area contributed by atoms with E-state index >= 15 is 0 Å². The van der Waals surface area contributed by atoms with Gasteiger partial charge in [0, 0.05) is 20.2 Å². The minimum absolute atomic E-state index is 0.0777. The number of hydrogen-bond acceptors (Lipinski definition) is 10. The molecule has 2 heterocycles. The number of amides is 3. The van der Waals surface area contributed by atoms with E-state index in [1.165, 1.54) is 31.4 Å². The molecule has 0 spiro atoms. The number of allylic oxidation sites excluding steroid dienone is 1. The fourth-order valence-corrected chi connectivity index (χ4v) is 5.38. The van der Waals surface area contributed by atoms with Crippen LogP contribution in [0, 0.1) is 0 Å². The summed E-state index contributed by atoms with van der Waals surface area (Å²) >= 11 is 0. The Labute approximate surface area is 265 Å². The molecule has 2 aliphatic heterocycles. The molecule has 15 heteroatoms. The highest BCUT2D eigenvalue weighted by Gasteiger charge is 2.50. The molecule has 1 aromatic carbocycles. The number of rotatable bonds is 17. The van der Waals surface area contributed by atoms with E-state index in [9.17, 15) is 33.1 Å². The number of carbonyl (C=O) groups excluding carboxylic acids is 4. The van der Waals surface area contributed by atoms with Gasteiger partial charge in [0.05, 0.1) is 38.8 Å². The van der Waals surface area contributed by atoms with Crippen LogP contribution in [0.5, 0.6) is 5.75 Å². The molecule has 0 unspecified atom stereocenters. The molecule has 2 fully saturated rings. The van der Waals surface area contributed by atoms with Crippen LogP contribution in [0.2, 0.25) is 0 Å². The maximum atomic E-state index is 13.8. The highest BCUT2D eigenvalue weighted by Crippen LogP contribution is 2.31. The predicted molar refractivity (Wildman–Crippen MR) is 159 cm³/mol. The lowest BCUT2D eigenvalue weighted by Crippen LogP contribution is -2.56. The van der Waals surface area contributed by atoms with Crippen LogP contribution in [0.15, 0.2) is 35.9 Å². The van der Waals surface area contributed by atoms with Gasteiger partial charge in [0.15, 0.2) is 5.78 Å². The highest BCUT2D eigenvalue weighted by atomic mass is 19.3. The Morgan fingerprint density at radius 2 is 1.76 bits per heavy atom. The maximum Gasteiger partial charge on any atom is 0.387 e. The van der Waals surface area contributed by atoms with E-state index in [0.29, 0.717) is 26.3 Å². The van der Waals surface area contributed by atoms with Crippen molar-refractivity contribution >= 4 is 23.5 Å². The summed E-state index contributed by atoms with van der Waals surface area (Å²) in [5.41, 5.74) is 0.0811. The number of nitrogens with one attached hydrogen (secondary N) is 3. The molecule has 0 aromatic heterocycles. The summed E-state index contributed by atoms with van der Waals surface area (Å²) in [5.74, 6) is -2.46. The van der Waals surface area contributed by atoms with Crippen molar-refractivity contribution in [1.82, 2.24) is 20.9 Å². The minimum atomic E-state index is -3.06. The van der Waals surface area contributed by atoms with Crippen LogP contribution >= 0.6 is 0 Å². The molecule has 1 aliphatic carbocycles. The number of alkyl halides is 2. The lowest BCUT2D eigenvalue weighted by molar-refractivity contribution is -0.136. The van der Waals surface area contributed by atoms with Crippen molar-refractivity contribution in [3.63, 3.8) is 0 Å². The lowest BCUT2D eigenvalue weighted by atomic mass is 9.93. The van der Waals surface area contributed by atoms with E-state index in [-0.39, 0.29) is 42.6 Å². The van der Waals surface area contributed by atoms with Gasteiger partial charge in [-0.3, -0.25) is 24.1 Å². The Kier molecular flexibility index (Phi) is 12.6. The molecule has 0 bridgehead atoms. The first-order valence-corrected chi connectivity index (χ1v) is 15.3. The summed E-state index contributed by atoms with van der Waals surface area (Å²) in [5, 5.41) is 19.1. The number of aliphatic hydroxyl groups is 1. The Hall–Kier alpha value is -3.50. The first kappa shape index (κ1) is 35.4. The van der Waals surface area contributed by atoms with E-state index in [1.807, 2.05) is 11.0 Å². The lowest BCUT2D eigenvalue weighted by Gasteiger charge is -2.28. The van der Waals surface area contributed by atoms with Crippen LogP contribution in [0.4, 0.5) is 8.78 Å². The summed E-state index contributed by atoms with van der Waals surface area (Å²) in [6, 6.07) is 2.35. The zero-order valence-electron chi connectivity index (χ0n) is 26.0. The predicted octanol–water partition coefficient (Wildman–Crippen LogP) is 0.960. The summed E-state index contributed by atoms with van der Waals surface area (Å²) in [6.07, 6.45) is 1.76. The molecule has 254 valence electrons. The smallest absolute Gasteiger partial charge is 0.387 e. The fourth-order valence-electron chi connectivity index (χ4n) is 5.38. The van der Waals surface area contributed by atoms with Crippen molar-refractivity contribution in [1.29, 1.82) is 0 Å². The Bertz CT molecular complexity index is 1250. The first-order chi connectivity index (χ1) is 22.0. The number of methoxy groups -OCH3 is 1. The summed E-state index contributed by atoms with van der Waals surface area (Å²) < 4.78 is 45.6. The van der Waals surface area contributed by atoms with Gasteiger partial charge in [0.2, 0.25) is 17.7 Å². The number of carbonyl (C=O) groups is 4. The molecule has 13 nitrogen and oxygen atoms in total. The van der Waals surface area contributed by atoms with E-state index in [0.717, 1.165) is 24.8 Å². The molecule has 3 amide bonds. The van der Waals surface area contributed by atoms with Crippen molar-refractivity contribution in [2.24, 2.45) is 0 Å². The molecule has 4 rings (SSSR count). The second kappa shape index (κ2) is 16.4. The molecule has 3 aliphatic rings. The number of hydrogen-bond donors (Lipinski definition) is 4. The third kappa shape index (κ3) is 10.3. The fraction of sp³-hybridized carbons (Fsp3) is 0.613. The van der Waals surface area contributed by atoms with Gasteiger partial charge >= 0.3 is 6.61 Å². The maximum absolute atomic E-state index is 13.8. The monoisotopic (exact) mass is 652 g/mol. The van der Waals surface area contributed by atoms with Gasteiger partial charge in [0.1, 0.15) is 29.7 Å². The number of halogens is 2. The van der Waals surface area contributed by atoms with E-state index in [4.69, 9.17) is 14.2 Å². The van der Waals surface area contributed by atoms with Crippen LogP contribution in [0.25, 0.3) is 0 Å². The van der Waals surface area contributed by atoms with Crippen LogP contribution in [-0.4, -0.2) is 111 Å². The third-order valence-corrected chi connectivity index (χ3v) is 8.14. The van der Waals surface area contributed by atoms with Crippen molar-refractivity contribution in [2.45, 2.75) is 75.7 Å². The van der Waals surface area contributed by atoms with Gasteiger partial charge in [-0.1, -0.05) is 23.8 Å². The topological polar surface area (TPSA) is 168 Å². The first-order valence-electron chi connectivity index (χ1n) is 15.3. The van der Waals surface area contributed by atoms with Crippen LogP contribution < -0.4 is 20.7 Å². The number of ether oxygens (including phenoxy) is 4. The molecule has 5 atom stereocenters. The van der Waals surface area contributed by atoms with Crippen molar-refractivity contribution in [3.05, 3.63) is 41.5 Å². The average molecular weight is 653 g/mol. The molecule has 2 saturated heterocycles. The zero-order chi connectivity index (χ0) is 33.3. The number of morpholine rings is 1. The number of benzene rings is 1.